The Morgan fingerprint density at radius 2 is 1.82 bits per heavy atom. The van der Waals surface area contributed by atoms with E-state index in [0.29, 0.717) is 35.2 Å². The summed E-state index contributed by atoms with van der Waals surface area (Å²) in [6, 6.07) is 11.4. The molecule has 0 aliphatic rings. The number of allylic oxidation sites excluding steroid dienone is 1. The summed E-state index contributed by atoms with van der Waals surface area (Å²) in [6.07, 6.45) is 1.81. The quantitative estimate of drug-likeness (QED) is 0.384. The largest absolute Gasteiger partial charge is 0.493 e. The molecule has 0 amide bonds. The van der Waals surface area contributed by atoms with Crippen molar-refractivity contribution in [2.45, 2.75) is 26.9 Å². The van der Waals surface area contributed by atoms with E-state index >= 15 is 0 Å². The molecule has 148 valence electrons. The smallest absolute Gasteiger partial charge is 0.175 e. The maximum atomic E-state index is 9.69. The molecule has 2 rings (SSSR count). The second-order valence-corrected chi connectivity index (χ2v) is 7.02. The van der Waals surface area contributed by atoms with Crippen molar-refractivity contribution in [2.75, 3.05) is 20.8 Å². The highest BCUT2D eigenvalue weighted by atomic mass is 79.9. The first-order valence-corrected chi connectivity index (χ1v) is 9.69. The Morgan fingerprint density at radius 1 is 1.11 bits per heavy atom. The summed E-state index contributed by atoms with van der Waals surface area (Å²) in [7, 11) is 3.14. The predicted octanol–water partition coefficient (Wildman–Crippen LogP) is 5.72. The fraction of sp³-hybridized carbons (Fsp3) is 0.318. The Hall–Kier alpha value is -2.65. The molecule has 0 saturated carbocycles. The summed E-state index contributed by atoms with van der Waals surface area (Å²) in [6.45, 7) is 6.34. The highest BCUT2D eigenvalue weighted by molar-refractivity contribution is 9.10. The highest BCUT2D eigenvalue weighted by Crippen LogP contribution is 2.39. The molecular weight excluding hydrogens is 422 g/mol. The van der Waals surface area contributed by atoms with Crippen molar-refractivity contribution < 1.29 is 18.9 Å². The van der Waals surface area contributed by atoms with Gasteiger partial charge in [0.2, 0.25) is 0 Å². The van der Waals surface area contributed by atoms with Crippen molar-refractivity contribution in [1.29, 1.82) is 5.26 Å². The summed E-state index contributed by atoms with van der Waals surface area (Å²) in [5.74, 6) is 2.46. The summed E-state index contributed by atoms with van der Waals surface area (Å²) >= 11 is 3.55. The lowest BCUT2D eigenvalue weighted by atomic mass is 10.0. The normalized spacial score (nSPS) is 11.1. The van der Waals surface area contributed by atoms with Crippen LogP contribution in [0, 0.1) is 11.3 Å². The van der Waals surface area contributed by atoms with Gasteiger partial charge in [-0.1, -0.05) is 0 Å². The standard InChI is InChI=1S/C22H24BrNO4/c1-6-27-21-11-15(10-18(23)22(21)28-14(2)3)9-17(13-24)16-7-8-19(25-4)20(12-16)26-5/h7-12,14H,6H2,1-5H3/b17-9+. The number of nitriles is 1. The molecule has 0 saturated heterocycles. The lowest BCUT2D eigenvalue weighted by Gasteiger charge is -2.17. The molecule has 2 aromatic carbocycles. The third-order valence-electron chi connectivity index (χ3n) is 3.81. The van der Waals surface area contributed by atoms with Crippen molar-refractivity contribution in [2.24, 2.45) is 0 Å². The molecule has 0 aromatic heterocycles. The van der Waals surface area contributed by atoms with Crippen LogP contribution >= 0.6 is 15.9 Å². The van der Waals surface area contributed by atoms with Crippen molar-refractivity contribution in [3.05, 3.63) is 45.9 Å². The first kappa shape index (κ1) is 21.6. The molecule has 0 radical (unpaired) electrons. The molecule has 28 heavy (non-hydrogen) atoms. The number of rotatable bonds is 8. The minimum atomic E-state index is 0.0123. The van der Waals surface area contributed by atoms with E-state index in [4.69, 9.17) is 18.9 Å². The number of benzene rings is 2. The molecule has 0 atom stereocenters. The zero-order valence-corrected chi connectivity index (χ0v) is 18.3. The predicted molar refractivity (Wildman–Crippen MR) is 114 cm³/mol. The number of halogens is 1. The molecule has 0 spiro atoms. The van der Waals surface area contributed by atoms with E-state index < -0.39 is 0 Å². The molecule has 0 N–H and O–H groups in total. The van der Waals surface area contributed by atoms with Gasteiger partial charge >= 0.3 is 0 Å². The topological polar surface area (TPSA) is 60.7 Å². The van der Waals surface area contributed by atoms with Gasteiger partial charge in [0.25, 0.3) is 0 Å². The van der Waals surface area contributed by atoms with Crippen LogP contribution in [-0.2, 0) is 0 Å². The lowest BCUT2D eigenvalue weighted by molar-refractivity contribution is 0.222. The maximum absolute atomic E-state index is 9.69. The SMILES string of the molecule is CCOc1cc(/C=C(\C#N)c2ccc(OC)c(OC)c2)cc(Br)c1OC(C)C. The van der Waals surface area contributed by atoms with Gasteiger partial charge in [-0.15, -0.1) is 0 Å². The first-order valence-electron chi connectivity index (χ1n) is 8.90. The monoisotopic (exact) mass is 445 g/mol. The lowest BCUT2D eigenvalue weighted by Crippen LogP contribution is -2.08. The Morgan fingerprint density at radius 3 is 2.39 bits per heavy atom. The minimum absolute atomic E-state index is 0.0123. The van der Waals surface area contributed by atoms with Crippen LogP contribution in [0.25, 0.3) is 11.6 Å². The minimum Gasteiger partial charge on any atom is -0.493 e. The van der Waals surface area contributed by atoms with Gasteiger partial charge in [0.1, 0.15) is 0 Å². The molecule has 0 aliphatic heterocycles. The number of hydrogen-bond donors (Lipinski definition) is 0. The molecule has 0 unspecified atom stereocenters. The third-order valence-corrected chi connectivity index (χ3v) is 4.40. The van der Waals surface area contributed by atoms with E-state index in [0.717, 1.165) is 15.6 Å². The van der Waals surface area contributed by atoms with Gasteiger partial charge in [0.15, 0.2) is 23.0 Å². The van der Waals surface area contributed by atoms with Crippen molar-refractivity contribution in [1.82, 2.24) is 0 Å². The van der Waals surface area contributed by atoms with E-state index in [-0.39, 0.29) is 6.10 Å². The van der Waals surface area contributed by atoms with Crippen LogP contribution in [0.5, 0.6) is 23.0 Å². The molecule has 0 bridgehead atoms. The molecule has 6 heteroatoms. The number of hydrogen-bond acceptors (Lipinski definition) is 5. The summed E-state index contributed by atoms with van der Waals surface area (Å²) in [4.78, 5) is 0. The Labute approximate surface area is 174 Å². The average molecular weight is 446 g/mol. The van der Waals surface area contributed by atoms with Crippen LogP contribution in [-0.4, -0.2) is 26.9 Å². The van der Waals surface area contributed by atoms with Crippen molar-refractivity contribution >= 4 is 27.6 Å². The molecule has 5 nitrogen and oxygen atoms in total. The van der Waals surface area contributed by atoms with Gasteiger partial charge in [-0.3, -0.25) is 0 Å². The first-order chi connectivity index (χ1) is 13.4. The average Bonchev–Trinajstić information content (AvgIpc) is 2.68. The molecule has 2 aromatic rings. The van der Waals surface area contributed by atoms with Crippen molar-refractivity contribution in [3.8, 4) is 29.1 Å². The Bertz CT molecular complexity index is 900. The van der Waals surface area contributed by atoms with Crippen LogP contribution in [0.15, 0.2) is 34.8 Å². The number of nitrogens with zero attached hydrogens (tertiary/aromatic N) is 1. The molecular formula is C22H24BrNO4. The van der Waals surface area contributed by atoms with Crippen molar-refractivity contribution in [3.63, 3.8) is 0 Å². The van der Waals surface area contributed by atoms with Crippen LogP contribution in [0.2, 0.25) is 0 Å². The highest BCUT2D eigenvalue weighted by Gasteiger charge is 2.14. The van der Waals surface area contributed by atoms with Gasteiger partial charge < -0.3 is 18.9 Å². The molecule has 0 heterocycles. The fourth-order valence-corrected chi connectivity index (χ4v) is 3.19. The van der Waals surface area contributed by atoms with Crippen LogP contribution in [0.1, 0.15) is 31.9 Å². The Balaban J connectivity index is 2.51. The van der Waals surface area contributed by atoms with Gasteiger partial charge in [-0.05, 0) is 84.2 Å². The number of ether oxygens (including phenoxy) is 4. The summed E-state index contributed by atoms with van der Waals surface area (Å²) in [5, 5.41) is 9.69. The third kappa shape index (κ3) is 5.20. The Kier molecular flexibility index (Phi) is 7.77. The maximum Gasteiger partial charge on any atom is 0.175 e. The van der Waals surface area contributed by atoms with Gasteiger partial charge in [0, 0.05) is 0 Å². The zero-order chi connectivity index (χ0) is 20.7. The fourth-order valence-electron chi connectivity index (χ4n) is 2.63. The van der Waals surface area contributed by atoms with Crippen LogP contribution in [0.3, 0.4) is 0 Å². The van der Waals surface area contributed by atoms with Gasteiger partial charge in [-0.25, -0.2) is 0 Å². The van der Waals surface area contributed by atoms with Gasteiger partial charge in [0.05, 0.1) is 43.0 Å². The number of methoxy groups -OCH3 is 2. The van der Waals surface area contributed by atoms with E-state index in [9.17, 15) is 5.26 Å². The van der Waals surface area contributed by atoms with E-state index in [1.54, 1.807) is 32.4 Å². The van der Waals surface area contributed by atoms with Crippen LogP contribution in [0.4, 0.5) is 0 Å². The summed E-state index contributed by atoms with van der Waals surface area (Å²) < 4.78 is 23.0. The van der Waals surface area contributed by atoms with Gasteiger partial charge in [-0.2, -0.15) is 5.26 Å². The zero-order valence-electron chi connectivity index (χ0n) is 16.7. The summed E-state index contributed by atoms with van der Waals surface area (Å²) in [5.41, 5.74) is 2.04. The second kappa shape index (κ2) is 10.0. The van der Waals surface area contributed by atoms with E-state index in [1.165, 1.54) is 0 Å². The molecule has 0 fully saturated rings. The van der Waals surface area contributed by atoms with E-state index in [2.05, 4.69) is 22.0 Å². The van der Waals surface area contributed by atoms with Crippen LogP contribution < -0.4 is 18.9 Å². The second-order valence-electron chi connectivity index (χ2n) is 6.17. The molecule has 0 aliphatic carbocycles. The van der Waals surface area contributed by atoms with E-state index in [1.807, 2.05) is 39.0 Å².